The molecule has 1 aliphatic heterocycles. The summed E-state index contributed by atoms with van der Waals surface area (Å²) in [5, 5.41) is 11.1. The van der Waals surface area contributed by atoms with Gasteiger partial charge in [0.2, 0.25) is 0 Å². The first-order valence-corrected chi connectivity index (χ1v) is 9.75. The summed E-state index contributed by atoms with van der Waals surface area (Å²) in [4.78, 5) is 3.77. The van der Waals surface area contributed by atoms with Crippen LogP contribution in [0.15, 0.2) is 48.5 Å². The van der Waals surface area contributed by atoms with E-state index in [1.165, 1.54) is 16.2 Å². The number of nitrogens with one attached hydrogen (secondary N) is 1. The number of piperazine rings is 1. The number of nitrogens with zero attached hydrogens (tertiary/aromatic N) is 1. The molecule has 2 N–H and O–H groups in total. The minimum atomic E-state index is -0.450. The van der Waals surface area contributed by atoms with Crippen molar-refractivity contribution in [2.75, 3.05) is 44.2 Å². The first-order valence-electron chi connectivity index (χ1n) is 9.38. The Balaban J connectivity index is 1.40. The topological polar surface area (TPSA) is 37.1 Å². The van der Waals surface area contributed by atoms with Crippen LogP contribution >= 0.6 is 11.6 Å². The Morgan fingerprint density at radius 2 is 1.88 bits per heavy atom. The summed E-state index contributed by atoms with van der Waals surface area (Å²) in [6.07, 6.45) is 0.571. The summed E-state index contributed by atoms with van der Waals surface area (Å²) >= 11 is 6.08. The number of aryl methyl sites for hydroxylation is 1. The SMILES string of the molecule is CCc1ccc(OC[C@@H](O)C[NH+]2CCN(c3cccc(Cl)c3)CC2)cc1. The maximum atomic E-state index is 10.3. The van der Waals surface area contributed by atoms with Crippen molar-refractivity contribution in [3.8, 4) is 5.75 Å². The van der Waals surface area contributed by atoms with Crippen LogP contribution in [0.5, 0.6) is 5.75 Å². The summed E-state index contributed by atoms with van der Waals surface area (Å²) in [6.45, 7) is 7.16. The lowest BCUT2D eigenvalue weighted by Crippen LogP contribution is -3.16. The highest BCUT2D eigenvalue weighted by atomic mass is 35.5. The van der Waals surface area contributed by atoms with Crippen molar-refractivity contribution in [2.24, 2.45) is 0 Å². The van der Waals surface area contributed by atoms with Crippen molar-refractivity contribution in [3.63, 3.8) is 0 Å². The van der Waals surface area contributed by atoms with E-state index in [1.54, 1.807) is 0 Å². The monoisotopic (exact) mass is 375 g/mol. The lowest BCUT2D eigenvalue weighted by molar-refractivity contribution is -0.903. The van der Waals surface area contributed by atoms with Gasteiger partial charge in [0.25, 0.3) is 0 Å². The van der Waals surface area contributed by atoms with E-state index >= 15 is 0 Å². The van der Waals surface area contributed by atoms with E-state index in [9.17, 15) is 5.11 Å². The van der Waals surface area contributed by atoms with Gasteiger partial charge in [-0.25, -0.2) is 0 Å². The number of quaternary nitrogens is 1. The minimum Gasteiger partial charge on any atom is -0.491 e. The number of benzene rings is 2. The predicted molar refractivity (Wildman–Crippen MR) is 107 cm³/mol. The largest absolute Gasteiger partial charge is 0.491 e. The average molecular weight is 376 g/mol. The van der Waals surface area contributed by atoms with Gasteiger partial charge < -0.3 is 19.6 Å². The zero-order chi connectivity index (χ0) is 18.4. The molecular formula is C21H28ClN2O2+. The molecule has 0 aromatic heterocycles. The number of hydrogen-bond acceptors (Lipinski definition) is 3. The van der Waals surface area contributed by atoms with Gasteiger partial charge in [0.1, 0.15) is 25.0 Å². The van der Waals surface area contributed by atoms with Gasteiger partial charge in [-0.05, 0) is 42.3 Å². The maximum Gasteiger partial charge on any atom is 0.137 e. The molecule has 0 bridgehead atoms. The van der Waals surface area contributed by atoms with Gasteiger partial charge in [0, 0.05) is 10.7 Å². The van der Waals surface area contributed by atoms with Gasteiger partial charge in [-0.2, -0.15) is 0 Å². The van der Waals surface area contributed by atoms with E-state index < -0.39 is 6.10 Å². The highest BCUT2D eigenvalue weighted by Gasteiger charge is 2.23. The van der Waals surface area contributed by atoms with Crippen LogP contribution in [0.2, 0.25) is 5.02 Å². The Labute approximate surface area is 160 Å². The van der Waals surface area contributed by atoms with E-state index in [1.807, 2.05) is 30.3 Å². The van der Waals surface area contributed by atoms with Gasteiger partial charge in [-0.15, -0.1) is 0 Å². The lowest BCUT2D eigenvalue weighted by Gasteiger charge is -2.34. The molecule has 1 atom stereocenters. The average Bonchev–Trinajstić information content (AvgIpc) is 2.67. The fourth-order valence-electron chi connectivity index (χ4n) is 3.36. The van der Waals surface area contributed by atoms with Crippen LogP contribution in [-0.2, 0) is 6.42 Å². The highest BCUT2D eigenvalue weighted by Crippen LogP contribution is 2.19. The summed E-state index contributed by atoms with van der Waals surface area (Å²) in [5.74, 6) is 0.821. The smallest absolute Gasteiger partial charge is 0.137 e. The Kier molecular flexibility index (Phi) is 6.78. The molecule has 5 heteroatoms. The standard InChI is InChI=1S/C21H27ClN2O2/c1-2-17-6-8-21(9-7-17)26-16-20(25)15-23-10-12-24(13-11-23)19-5-3-4-18(22)14-19/h3-9,14,20,25H,2,10-13,15-16H2,1H3/p+1/t20-/m0/s1. The van der Waals surface area contributed by atoms with E-state index in [-0.39, 0.29) is 0 Å². The third kappa shape index (κ3) is 5.37. The third-order valence-electron chi connectivity index (χ3n) is 4.94. The van der Waals surface area contributed by atoms with E-state index in [0.29, 0.717) is 6.61 Å². The Hall–Kier alpha value is -1.75. The van der Waals surface area contributed by atoms with Crippen molar-refractivity contribution >= 4 is 17.3 Å². The molecule has 0 spiro atoms. The van der Waals surface area contributed by atoms with Gasteiger partial charge in [-0.1, -0.05) is 36.7 Å². The van der Waals surface area contributed by atoms with Crippen LogP contribution in [0.3, 0.4) is 0 Å². The summed E-state index contributed by atoms with van der Waals surface area (Å²) in [5.41, 5.74) is 2.47. The van der Waals surface area contributed by atoms with Crippen molar-refractivity contribution in [1.82, 2.24) is 0 Å². The fourth-order valence-corrected chi connectivity index (χ4v) is 3.55. The van der Waals surface area contributed by atoms with E-state index in [0.717, 1.165) is 49.9 Å². The Morgan fingerprint density at radius 3 is 2.54 bits per heavy atom. The molecule has 1 aliphatic rings. The quantitative estimate of drug-likeness (QED) is 0.777. The first-order chi connectivity index (χ1) is 12.6. The van der Waals surface area contributed by atoms with Crippen LogP contribution in [0.1, 0.15) is 12.5 Å². The molecule has 1 saturated heterocycles. The second-order valence-corrected chi connectivity index (χ2v) is 7.32. The summed E-state index contributed by atoms with van der Waals surface area (Å²) in [7, 11) is 0. The Bertz CT molecular complexity index is 685. The lowest BCUT2D eigenvalue weighted by atomic mass is 10.2. The third-order valence-corrected chi connectivity index (χ3v) is 5.18. The van der Waals surface area contributed by atoms with Gasteiger partial charge in [-0.3, -0.25) is 0 Å². The number of ether oxygens (including phenoxy) is 1. The molecule has 2 aromatic rings. The molecule has 2 aromatic carbocycles. The van der Waals surface area contributed by atoms with Crippen LogP contribution in [0, 0.1) is 0 Å². The molecule has 3 rings (SSSR count). The number of aliphatic hydroxyl groups excluding tert-OH is 1. The number of hydrogen-bond donors (Lipinski definition) is 2. The molecule has 0 amide bonds. The first kappa shape index (κ1) is 19.0. The number of rotatable bonds is 7. The molecule has 0 unspecified atom stereocenters. The molecule has 0 saturated carbocycles. The molecule has 26 heavy (non-hydrogen) atoms. The van der Waals surface area contributed by atoms with Crippen molar-refractivity contribution in [1.29, 1.82) is 0 Å². The molecule has 0 radical (unpaired) electrons. The molecule has 4 nitrogen and oxygen atoms in total. The van der Waals surface area contributed by atoms with Gasteiger partial charge in [0.15, 0.2) is 0 Å². The number of halogens is 1. The van der Waals surface area contributed by atoms with Gasteiger partial charge >= 0.3 is 0 Å². The van der Waals surface area contributed by atoms with Crippen LogP contribution in [0.4, 0.5) is 5.69 Å². The summed E-state index contributed by atoms with van der Waals surface area (Å²) < 4.78 is 5.72. The fraction of sp³-hybridized carbons (Fsp3) is 0.429. The van der Waals surface area contributed by atoms with Crippen molar-refractivity contribution < 1.29 is 14.7 Å². The molecule has 1 fully saturated rings. The molecular weight excluding hydrogens is 348 g/mol. The zero-order valence-electron chi connectivity index (χ0n) is 15.3. The minimum absolute atomic E-state index is 0.340. The van der Waals surface area contributed by atoms with Crippen LogP contribution < -0.4 is 14.5 Å². The molecule has 1 heterocycles. The Morgan fingerprint density at radius 1 is 1.15 bits per heavy atom. The zero-order valence-corrected chi connectivity index (χ0v) is 16.1. The predicted octanol–water partition coefficient (Wildman–Crippen LogP) is 2.05. The maximum absolute atomic E-state index is 10.3. The van der Waals surface area contributed by atoms with Gasteiger partial charge in [0.05, 0.1) is 26.2 Å². The van der Waals surface area contributed by atoms with Crippen LogP contribution in [-0.4, -0.2) is 50.5 Å². The van der Waals surface area contributed by atoms with E-state index in [4.69, 9.17) is 16.3 Å². The number of aliphatic hydroxyl groups is 1. The molecule has 140 valence electrons. The second-order valence-electron chi connectivity index (χ2n) is 6.88. The number of anilines is 1. The van der Waals surface area contributed by atoms with E-state index in [2.05, 4.69) is 30.0 Å². The second kappa shape index (κ2) is 9.26. The highest BCUT2D eigenvalue weighted by molar-refractivity contribution is 6.30. The normalized spacial score (nSPS) is 16.5. The van der Waals surface area contributed by atoms with Crippen molar-refractivity contribution in [2.45, 2.75) is 19.4 Å². The van der Waals surface area contributed by atoms with Crippen LogP contribution in [0.25, 0.3) is 0 Å². The van der Waals surface area contributed by atoms with Crippen molar-refractivity contribution in [3.05, 3.63) is 59.1 Å². The molecule has 0 aliphatic carbocycles. The summed E-state index contributed by atoms with van der Waals surface area (Å²) in [6, 6.07) is 16.1.